The van der Waals surface area contributed by atoms with E-state index in [1.165, 1.54) is 0 Å². The Morgan fingerprint density at radius 1 is 1.06 bits per heavy atom. The van der Waals surface area contributed by atoms with E-state index in [2.05, 4.69) is 10.4 Å². The van der Waals surface area contributed by atoms with Gasteiger partial charge in [0, 0.05) is 23.8 Å². The summed E-state index contributed by atoms with van der Waals surface area (Å²) in [6.45, 7) is 0. The molecule has 0 saturated heterocycles. The van der Waals surface area contributed by atoms with Gasteiger partial charge in [-0.05, 0) is 18.2 Å². The molecule has 0 spiro atoms. The molecule has 0 saturated carbocycles. The number of para-hydroxylation sites is 1. The molecule has 2 N–H and O–H groups in total. The third-order valence-corrected chi connectivity index (χ3v) is 2.61. The van der Waals surface area contributed by atoms with Crippen molar-refractivity contribution in [3.8, 4) is 5.88 Å². The van der Waals surface area contributed by atoms with Crippen LogP contribution in [0.5, 0.6) is 5.88 Å². The third kappa shape index (κ3) is 1.69. The van der Waals surface area contributed by atoms with Gasteiger partial charge >= 0.3 is 0 Å². The molecule has 0 unspecified atom stereocenters. The average Bonchev–Trinajstić information content (AvgIpc) is 2.68. The van der Waals surface area contributed by atoms with Crippen LogP contribution in [0.4, 0.5) is 5.69 Å². The van der Waals surface area contributed by atoms with Crippen LogP contribution in [0, 0.1) is 0 Å². The number of aromatic nitrogens is 2. The van der Waals surface area contributed by atoms with Crippen molar-refractivity contribution >= 4 is 16.6 Å². The zero-order chi connectivity index (χ0) is 11.7. The minimum absolute atomic E-state index is 0.183. The predicted molar refractivity (Wildman–Crippen MR) is 66.9 cm³/mol. The highest BCUT2D eigenvalue weighted by atomic mass is 16.3. The van der Waals surface area contributed by atoms with E-state index < -0.39 is 0 Å². The van der Waals surface area contributed by atoms with Crippen LogP contribution in [0.15, 0.2) is 54.9 Å². The van der Waals surface area contributed by atoms with Crippen molar-refractivity contribution in [3.63, 3.8) is 0 Å². The number of pyridine rings is 1. The van der Waals surface area contributed by atoms with Crippen molar-refractivity contribution in [2.24, 2.45) is 0 Å². The van der Waals surface area contributed by atoms with E-state index in [9.17, 15) is 5.11 Å². The van der Waals surface area contributed by atoms with Crippen molar-refractivity contribution in [1.29, 1.82) is 0 Å². The lowest BCUT2D eigenvalue weighted by Gasteiger charge is -2.09. The monoisotopic (exact) mass is 225 g/mol. The van der Waals surface area contributed by atoms with E-state index in [-0.39, 0.29) is 5.88 Å². The summed E-state index contributed by atoms with van der Waals surface area (Å²) >= 11 is 0. The number of hydrogen-bond donors (Lipinski definition) is 2. The Hall–Kier alpha value is -2.49. The smallest absolute Gasteiger partial charge is 0.211 e. The van der Waals surface area contributed by atoms with Crippen molar-refractivity contribution < 1.29 is 5.11 Å². The van der Waals surface area contributed by atoms with Gasteiger partial charge in [-0.25, -0.2) is 4.68 Å². The quantitative estimate of drug-likeness (QED) is 0.704. The molecule has 0 radical (unpaired) electrons. The predicted octanol–water partition coefficient (Wildman–Crippen LogP) is 2.62. The molecular formula is C13H11N3O. The van der Waals surface area contributed by atoms with E-state index in [0.717, 1.165) is 16.6 Å². The first-order valence-corrected chi connectivity index (χ1v) is 5.31. The SMILES string of the molecule is Oc1cc2ccccc2n1Nc1ccncc1. The van der Waals surface area contributed by atoms with E-state index >= 15 is 0 Å². The van der Waals surface area contributed by atoms with Gasteiger partial charge in [-0.15, -0.1) is 0 Å². The number of fused-ring (bicyclic) bond motifs is 1. The van der Waals surface area contributed by atoms with Crippen molar-refractivity contribution in [3.05, 3.63) is 54.9 Å². The van der Waals surface area contributed by atoms with Gasteiger partial charge in [0.15, 0.2) is 0 Å². The number of hydrogen-bond acceptors (Lipinski definition) is 3. The molecule has 4 heteroatoms. The molecule has 0 fully saturated rings. The summed E-state index contributed by atoms with van der Waals surface area (Å²) in [4.78, 5) is 3.95. The lowest BCUT2D eigenvalue weighted by molar-refractivity contribution is 0.439. The second kappa shape index (κ2) is 3.83. The fourth-order valence-electron chi connectivity index (χ4n) is 1.81. The summed E-state index contributed by atoms with van der Waals surface area (Å²) in [5, 5.41) is 10.9. The van der Waals surface area contributed by atoms with E-state index in [1.54, 1.807) is 23.1 Å². The Morgan fingerprint density at radius 2 is 1.82 bits per heavy atom. The maximum atomic E-state index is 9.88. The molecule has 3 rings (SSSR count). The fraction of sp³-hybridized carbons (Fsp3) is 0. The summed E-state index contributed by atoms with van der Waals surface area (Å²) in [6, 6.07) is 13.2. The Kier molecular flexibility index (Phi) is 2.19. The van der Waals surface area contributed by atoms with Crippen LogP contribution in [0.1, 0.15) is 0 Å². The van der Waals surface area contributed by atoms with Crippen molar-refractivity contribution in [2.75, 3.05) is 5.43 Å². The van der Waals surface area contributed by atoms with Crippen LogP contribution in [-0.2, 0) is 0 Å². The molecule has 84 valence electrons. The van der Waals surface area contributed by atoms with Crippen LogP contribution in [0.3, 0.4) is 0 Å². The normalized spacial score (nSPS) is 10.6. The zero-order valence-corrected chi connectivity index (χ0v) is 9.04. The molecule has 3 aromatic rings. The number of nitrogens with zero attached hydrogens (tertiary/aromatic N) is 2. The van der Waals surface area contributed by atoms with Gasteiger partial charge in [-0.1, -0.05) is 18.2 Å². The standard InChI is InChI=1S/C13H11N3O/c17-13-9-10-3-1-2-4-12(10)16(13)15-11-5-7-14-8-6-11/h1-9,17H,(H,14,15). The van der Waals surface area contributed by atoms with Gasteiger partial charge in [0.05, 0.1) is 11.2 Å². The summed E-state index contributed by atoms with van der Waals surface area (Å²) < 4.78 is 1.64. The maximum absolute atomic E-state index is 9.88. The Labute approximate surface area is 98.1 Å². The molecule has 2 aromatic heterocycles. The molecular weight excluding hydrogens is 214 g/mol. The first kappa shape index (κ1) is 9.72. The average molecular weight is 225 g/mol. The van der Waals surface area contributed by atoms with E-state index in [1.807, 2.05) is 36.4 Å². The number of anilines is 1. The topological polar surface area (TPSA) is 50.1 Å². The van der Waals surface area contributed by atoms with Gasteiger partial charge in [-0.2, -0.15) is 0 Å². The number of aromatic hydroxyl groups is 1. The molecule has 2 heterocycles. The minimum Gasteiger partial charge on any atom is -0.493 e. The molecule has 1 aromatic carbocycles. The van der Waals surface area contributed by atoms with Crippen LogP contribution >= 0.6 is 0 Å². The fourth-order valence-corrected chi connectivity index (χ4v) is 1.81. The number of rotatable bonds is 2. The third-order valence-electron chi connectivity index (χ3n) is 2.61. The molecule has 4 nitrogen and oxygen atoms in total. The Bertz CT molecular complexity index is 646. The lowest BCUT2D eigenvalue weighted by atomic mass is 10.2. The Balaban J connectivity index is 2.08. The van der Waals surface area contributed by atoms with Gasteiger partial charge in [-0.3, -0.25) is 10.4 Å². The first-order chi connectivity index (χ1) is 8.34. The van der Waals surface area contributed by atoms with Gasteiger partial charge < -0.3 is 5.11 Å². The molecule has 17 heavy (non-hydrogen) atoms. The number of nitrogens with one attached hydrogen (secondary N) is 1. The minimum atomic E-state index is 0.183. The summed E-state index contributed by atoms with van der Waals surface area (Å²) in [5.74, 6) is 0.183. The summed E-state index contributed by atoms with van der Waals surface area (Å²) in [6.07, 6.45) is 3.40. The summed E-state index contributed by atoms with van der Waals surface area (Å²) in [5.41, 5.74) is 4.93. The second-order valence-corrected chi connectivity index (χ2v) is 3.74. The van der Waals surface area contributed by atoms with Crippen LogP contribution < -0.4 is 5.43 Å². The van der Waals surface area contributed by atoms with Crippen LogP contribution in [-0.4, -0.2) is 14.8 Å². The Morgan fingerprint density at radius 3 is 2.65 bits per heavy atom. The van der Waals surface area contributed by atoms with E-state index in [0.29, 0.717) is 0 Å². The summed E-state index contributed by atoms with van der Waals surface area (Å²) in [7, 11) is 0. The van der Waals surface area contributed by atoms with Crippen LogP contribution in [0.25, 0.3) is 10.9 Å². The van der Waals surface area contributed by atoms with E-state index in [4.69, 9.17) is 0 Å². The van der Waals surface area contributed by atoms with Crippen LogP contribution in [0.2, 0.25) is 0 Å². The number of benzene rings is 1. The highest BCUT2D eigenvalue weighted by Crippen LogP contribution is 2.24. The van der Waals surface area contributed by atoms with Crippen molar-refractivity contribution in [1.82, 2.24) is 9.66 Å². The highest BCUT2D eigenvalue weighted by molar-refractivity contribution is 5.83. The largest absolute Gasteiger partial charge is 0.493 e. The van der Waals surface area contributed by atoms with Crippen molar-refractivity contribution in [2.45, 2.75) is 0 Å². The van der Waals surface area contributed by atoms with Gasteiger partial charge in [0.25, 0.3) is 0 Å². The maximum Gasteiger partial charge on any atom is 0.211 e. The molecule has 0 aliphatic rings. The first-order valence-electron chi connectivity index (χ1n) is 5.31. The molecule has 0 aliphatic heterocycles. The van der Waals surface area contributed by atoms with Gasteiger partial charge in [0.1, 0.15) is 0 Å². The molecule has 0 amide bonds. The molecule has 0 atom stereocenters. The second-order valence-electron chi connectivity index (χ2n) is 3.74. The van der Waals surface area contributed by atoms with Gasteiger partial charge in [0.2, 0.25) is 5.88 Å². The lowest BCUT2D eigenvalue weighted by Crippen LogP contribution is -2.07. The highest BCUT2D eigenvalue weighted by Gasteiger charge is 2.06. The zero-order valence-electron chi connectivity index (χ0n) is 9.04. The molecule has 0 aliphatic carbocycles. The molecule has 0 bridgehead atoms.